The molecule has 2 rings (SSSR count). The summed E-state index contributed by atoms with van der Waals surface area (Å²) in [5.74, 6) is 0. The summed E-state index contributed by atoms with van der Waals surface area (Å²) in [4.78, 5) is 0. The molecule has 0 aliphatic carbocycles. The summed E-state index contributed by atoms with van der Waals surface area (Å²) in [6.07, 6.45) is -2.43. The zero-order valence-corrected chi connectivity index (χ0v) is 8.03. The lowest BCUT2D eigenvalue weighted by Crippen LogP contribution is -1.89. The van der Waals surface area contributed by atoms with Crippen LogP contribution in [0.15, 0.2) is 54.6 Å². The Labute approximate surface area is 87.2 Å². The van der Waals surface area contributed by atoms with E-state index in [9.17, 15) is 8.78 Å². The average molecular weight is 204 g/mol. The number of halogens is 2. The van der Waals surface area contributed by atoms with Crippen molar-refractivity contribution in [2.45, 2.75) is 6.43 Å². The van der Waals surface area contributed by atoms with Gasteiger partial charge in [0.2, 0.25) is 0 Å². The highest BCUT2D eigenvalue weighted by Crippen LogP contribution is 2.30. The highest BCUT2D eigenvalue weighted by atomic mass is 19.3. The molecular formula is C13H10F2. The summed E-state index contributed by atoms with van der Waals surface area (Å²) in [5, 5.41) is 0. The molecule has 0 bridgehead atoms. The number of rotatable bonds is 2. The first kappa shape index (κ1) is 9.84. The molecule has 0 fully saturated rings. The van der Waals surface area contributed by atoms with E-state index in [0.29, 0.717) is 5.56 Å². The van der Waals surface area contributed by atoms with Crippen LogP contribution in [0.4, 0.5) is 8.78 Å². The van der Waals surface area contributed by atoms with Crippen LogP contribution in [0.1, 0.15) is 12.0 Å². The third kappa shape index (κ3) is 2.04. The Morgan fingerprint density at radius 1 is 0.733 bits per heavy atom. The van der Waals surface area contributed by atoms with Gasteiger partial charge in [0.25, 0.3) is 6.43 Å². The molecule has 0 saturated carbocycles. The van der Waals surface area contributed by atoms with Gasteiger partial charge in [-0.1, -0.05) is 54.6 Å². The third-order valence-corrected chi connectivity index (χ3v) is 2.28. The Bertz CT molecular complexity index is 435. The van der Waals surface area contributed by atoms with Crippen molar-refractivity contribution in [3.05, 3.63) is 60.2 Å². The van der Waals surface area contributed by atoms with Crippen molar-refractivity contribution in [1.82, 2.24) is 0 Å². The second kappa shape index (κ2) is 4.22. The van der Waals surface area contributed by atoms with Crippen LogP contribution in [0.3, 0.4) is 0 Å². The molecule has 2 aromatic rings. The molecule has 76 valence electrons. The van der Waals surface area contributed by atoms with Gasteiger partial charge in [0.15, 0.2) is 0 Å². The fourth-order valence-electron chi connectivity index (χ4n) is 1.57. The van der Waals surface area contributed by atoms with E-state index in [2.05, 4.69) is 0 Å². The summed E-state index contributed by atoms with van der Waals surface area (Å²) < 4.78 is 25.4. The molecule has 0 unspecified atom stereocenters. The summed E-state index contributed by atoms with van der Waals surface area (Å²) >= 11 is 0. The fourth-order valence-corrected chi connectivity index (χ4v) is 1.57. The van der Waals surface area contributed by atoms with E-state index < -0.39 is 6.43 Å². The molecular weight excluding hydrogens is 194 g/mol. The minimum absolute atomic E-state index is 0.0868. The standard InChI is InChI=1S/C13H10F2/c14-13(15)12-9-5-4-8-11(12)10-6-2-1-3-7-10/h1-9,13H. The second-order valence-electron chi connectivity index (χ2n) is 3.25. The summed E-state index contributed by atoms with van der Waals surface area (Å²) in [6, 6.07) is 15.8. The monoisotopic (exact) mass is 204 g/mol. The highest BCUT2D eigenvalue weighted by molar-refractivity contribution is 5.67. The average Bonchev–Trinajstić information content (AvgIpc) is 2.30. The maximum atomic E-state index is 12.7. The van der Waals surface area contributed by atoms with Gasteiger partial charge in [-0.25, -0.2) is 8.78 Å². The van der Waals surface area contributed by atoms with E-state index in [1.165, 1.54) is 6.07 Å². The number of benzene rings is 2. The van der Waals surface area contributed by atoms with Gasteiger partial charge in [0.05, 0.1) is 0 Å². The lowest BCUT2D eigenvalue weighted by molar-refractivity contribution is 0.152. The number of hydrogen-bond acceptors (Lipinski definition) is 0. The van der Waals surface area contributed by atoms with Crippen molar-refractivity contribution in [2.75, 3.05) is 0 Å². The molecule has 0 heterocycles. The molecule has 0 N–H and O–H groups in total. The van der Waals surface area contributed by atoms with Crippen molar-refractivity contribution in [2.24, 2.45) is 0 Å². The first-order chi connectivity index (χ1) is 7.29. The van der Waals surface area contributed by atoms with Crippen LogP contribution < -0.4 is 0 Å². The van der Waals surface area contributed by atoms with Gasteiger partial charge >= 0.3 is 0 Å². The first-order valence-electron chi connectivity index (χ1n) is 4.71. The highest BCUT2D eigenvalue weighted by Gasteiger charge is 2.12. The van der Waals surface area contributed by atoms with Crippen LogP contribution in [0.2, 0.25) is 0 Å². The predicted molar refractivity (Wildman–Crippen MR) is 56.8 cm³/mol. The van der Waals surface area contributed by atoms with Crippen LogP contribution in [-0.2, 0) is 0 Å². The van der Waals surface area contributed by atoms with Crippen LogP contribution in [0, 0.1) is 0 Å². The molecule has 0 aromatic heterocycles. The first-order valence-corrected chi connectivity index (χ1v) is 4.71. The minimum atomic E-state index is -2.43. The van der Waals surface area contributed by atoms with Crippen molar-refractivity contribution in [3.63, 3.8) is 0 Å². The van der Waals surface area contributed by atoms with Crippen molar-refractivity contribution < 1.29 is 8.78 Å². The number of alkyl halides is 2. The molecule has 0 spiro atoms. The van der Waals surface area contributed by atoms with Crippen LogP contribution in [0.25, 0.3) is 11.1 Å². The predicted octanol–water partition coefficient (Wildman–Crippen LogP) is 4.29. The zero-order chi connectivity index (χ0) is 10.7. The third-order valence-electron chi connectivity index (χ3n) is 2.28. The molecule has 2 heteroatoms. The molecule has 0 radical (unpaired) electrons. The lowest BCUT2D eigenvalue weighted by Gasteiger charge is -2.08. The summed E-state index contributed by atoms with van der Waals surface area (Å²) in [5.41, 5.74) is 1.52. The smallest absolute Gasteiger partial charge is 0.205 e. The maximum absolute atomic E-state index is 12.7. The Morgan fingerprint density at radius 3 is 2.00 bits per heavy atom. The quantitative estimate of drug-likeness (QED) is 0.684. The summed E-state index contributed by atoms with van der Waals surface area (Å²) in [6.45, 7) is 0. The fraction of sp³-hybridized carbons (Fsp3) is 0.0769. The SMILES string of the molecule is FC(F)c1ccccc1-c1ccccc1. The van der Waals surface area contributed by atoms with E-state index in [1.807, 2.05) is 30.3 Å². The molecule has 0 aliphatic heterocycles. The van der Waals surface area contributed by atoms with Crippen LogP contribution in [-0.4, -0.2) is 0 Å². The topological polar surface area (TPSA) is 0 Å². The molecule has 0 atom stereocenters. The normalized spacial score (nSPS) is 10.6. The zero-order valence-electron chi connectivity index (χ0n) is 8.03. The molecule has 2 aromatic carbocycles. The Morgan fingerprint density at radius 2 is 1.33 bits per heavy atom. The van der Waals surface area contributed by atoms with Gasteiger partial charge in [-0.05, 0) is 11.1 Å². The van der Waals surface area contributed by atoms with Gasteiger partial charge < -0.3 is 0 Å². The molecule has 0 amide bonds. The molecule has 15 heavy (non-hydrogen) atoms. The second-order valence-corrected chi connectivity index (χ2v) is 3.25. The van der Waals surface area contributed by atoms with E-state index in [-0.39, 0.29) is 5.56 Å². The lowest BCUT2D eigenvalue weighted by atomic mass is 10.0. The molecule has 0 nitrogen and oxygen atoms in total. The van der Waals surface area contributed by atoms with Gasteiger partial charge in [-0.15, -0.1) is 0 Å². The largest absolute Gasteiger partial charge is 0.264 e. The van der Waals surface area contributed by atoms with Gasteiger partial charge in [0, 0.05) is 5.56 Å². The van der Waals surface area contributed by atoms with E-state index in [1.54, 1.807) is 18.2 Å². The Hall–Kier alpha value is -1.70. The van der Waals surface area contributed by atoms with Crippen molar-refractivity contribution >= 4 is 0 Å². The van der Waals surface area contributed by atoms with E-state index >= 15 is 0 Å². The maximum Gasteiger partial charge on any atom is 0.264 e. The number of hydrogen-bond donors (Lipinski definition) is 0. The minimum Gasteiger partial charge on any atom is -0.205 e. The van der Waals surface area contributed by atoms with Crippen LogP contribution >= 0.6 is 0 Å². The molecule has 0 aliphatic rings. The Kier molecular flexibility index (Phi) is 2.77. The van der Waals surface area contributed by atoms with E-state index in [0.717, 1.165) is 5.56 Å². The van der Waals surface area contributed by atoms with Crippen LogP contribution in [0.5, 0.6) is 0 Å². The van der Waals surface area contributed by atoms with E-state index in [4.69, 9.17) is 0 Å². The van der Waals surface area contributed by atoms with Gasteiger partial charge in [-0.3, -0.25) is 0 Å². The molecule has 0 saturated heterocycles. The van der Waals surface area contributed by atoms with Crippen molar-refractivity contribution in [1.29, 1.82) is 0 Å². The summed E-state index contributed by atoms with van der Waals surface area (Å²) in [7, 11) is 0. The Balaban J connectivity index is 2.53. The van der Waals surface area contributed by atoms with Gasteiger partial charge in [0.1, 0.15) is 0 Å². The van der Waals surface area contributed by atoms with Gasteiger partial charge in [-0.2, -0.15) is 0 Å². The van der Waals surface area contributed by atoms with Crippen molar-refractivity contribution in [3.8, 4) is 11.1 Å².